The van der Waals surface area contributed by atoms with Crippen molar-refractivity contribution in [1.29, 1.82) is 0 Å². The first-order valence-electron chi connectivity index (χ1n) is 4.45. The third-order valence-electron chi connectivity index (χ3n) is 1.91. The molecule has 4 N–H and O–H groups in total. The molecular formula is C8H17N3O. The first-order valence-corrected chi connectivity index (χ1v) is 4.45. The zero-order valence-corrected chi connectivity index (χ0v) is 7.47. The number of amides is 1. The molecule has 1 rings (SSSR count). The van der Waals surface area contributed by atoms with Crippen LogP contribution in [0.15, 0.2) is 0 Å². The van der Waals surface area contributed by atoms with Crippen molar-refractivity contribution in [3.63, 3.8) is 0 Å². The van der Waals surface area contributed by atoms with E-state index in [4.69, 9.17) is 5.73 Å². The summed E-state index contributed by atoms with van der Waals surface area (Å²) in [5.41, 5.74) is 5.38. The predicted molar refractivity (Wildman–Crippen MR) is 47.7 cm³/mol. The average Bonchev–Trinajstić information content (AvgIpc) is 2.84. The van der Waals surface area contributed by atoms with Gasteiger partial charge in [-0.2, -0.15) is 0 Å². The van der Waals surface area contributed by atoms with Crippen LogP contribution in [0.25, 0.3) is 0 Å². The maximum atomic E-state index is 11.1. The van der Waals surface area contributed by atoms with E-state index in [-0.39, 0.29) is 11.9 Å². The standard InChI is InChI=1S/C8H17N3O/c1-6(4-9)10-5-8(12)11-7-2-3-7/h6-7,10H,2-5,9H2,1H3,(H,11,12). The average molecular weight is 171 g/mol. The van der Waals surface area contributed by atoms with E-state index in [1.165, 1.54) is 0 Å². The highest BCUT2D eigenvalue weighted by atomic mass is 16.2. The number of nitrogens with one attached hydrogen (secondary N) is 2. The molecule has 70 valence electrons. The molecule has 0 aromatic rings. The number of carbonyl (C=O) groups excluding carboxylic acids is 1. The first kappa shape index (κ1) is 9.48. The van der Waals surface area contributed by atoms with Gasteiger partial charge < -0.3 is 16.4 Å². The van der Waals surface area contributed by atoms with Crippen molar-refractivity contribution in [1.82, 2.24) is 10.6 Å². The second kappa shape index (κ2) is 4.42. The Morgan fingerprint density at radius 1 is 1.67 bits per heavy atom. The van der Waals surface area contributed by atoms with Gasteiger partial charge in [0.25, 0.3) is 0 Å². The van der Waals surface area contributed by atoms with Gasteiger partial charge in [0.05, 0.1) is 6.54 Å². The minimum atomic E-state index is 0.0813. The molecule has 0 saturated heterocycles. The fourth-order valence-corrected chi connectivity index (χ4v) is 0.857. The molecule has 1 aliphatic rings. The van der Waals surface area contributed by atoms with Crippen LogP contribution in [0, 0.1) is 0 Å². The lowest BCUT2D eigenvalue weighted by molar-refractivity contribution is -0.120. The van der Waals surface area contributed by atoms with Crippen LogP contribution in [-0.2, 0) is 4.79 Å². The van der Waals surface area contributed by atoms with Gasteiger partial charge in [-0.05, 0) is 19.8 Å². The Hall–Kier alpha value is -0.610. The van der Waals surface area contributed by atoms with Crippen molar-refractivity contribution in [3.8, 4) is 0 Å². The SMILES string of the molecule is CC(CN)NCC(=O)NC1CC1. The molecule has 1 fully saturated rings. The van der Waals surface area contributed by atoms with Crippen molar-refractivity contribution in [2.24, 2.45) is 5.73 Å². The Balaban J connectivity index is 2.00. The summed E-state index contributed by atoms with van der Waals surface area (Å²) < 4.78 is 0. The smallest absolute Gasteiger partial charge is 0.234 e. The molecule has 1 aliphatic carbocycles. The monoisotopic (exact) mass is 171 g/mol. The van der Waals surface area contributed by atoms with Gasteiger partial charge in [0.15, 0.2) is 0 Å². The van der Waals surface area contributed by atoms with E-state index in [0.29, 0.717) is 19.1 Å². The molecule has 1 unspecified atom stereocenters. The molecule has 0 aliphatic heterocycles. The predicted octanol–water partition coefficient (Wildman–Crippen LogP) is -0.798. The molecule has 1 atom stereocenters. The van der Waals surface area contributed by atoms with Crippen molar-refractivity contribution in [2.75, 3.05) is 13.1 Å². The number of hydrogen-bond donors (Lipinski definition) is 3. The fraction of sp³-hybridized carbons (Fsp3) is 0.875. The summed E-state index contributed by atoms with van der Waals surface area (Å²) in [6.45, 7) is 2.91. The van der Waals surface area contributed by atoms with Crippen molar-refractivity contribution in [3.05, 3.63) is 0 Å². The molecule has 0 radical (unpaired) electrons. The normalized spacial score (nSPS) is 18.8. The minimum Gasteiger partial charge on any atom is -0.352 e. The molecule has 0 aromatic heterocycles. The van der Waals surface area contributed by atoms with E-state index < -0.39 is 0 Å². The Morgan fingerprint density at radius 2 is 2.33 bits per heavy atom. The second-order valence-electron chi connectivity index (χ2n) is 3.36. The van der Waals surface area contributed by atoms with Gasteiger partial charge in [-0.15, -0.1) is 0 Å². The third kappa shape index (κ3) is 3.69. The Labute approximate surface area is 72.9 Å². The van der Waals surface area contributed by atoms with E-state index in [9.17, 15) is 4.79 Å². The Kier molecular flexibility index (Phi) is 3.49. The van der Waals surface area contributed by atoms with Crippen LogP contribution in [-0.4, -0.2) is 31.1 Å². The molecule has 0 heterocycles. The van der Waals surface area contributed by atoms with E-state index in [2.05, 4.69) is 10.6 Å². The summed E-state index contributed by atoms with van der Waals surface area (Å²) in [7, 11) is 0. The van der Waals surface area contributed by atoms with Crippen LogP contribution in [0.3, 0.4) is 0 Å². The minimum absolute atomic E-state index is 0.0813. The lowest BCUT2D eigenvalue weighted by atomic mass is 10.3. The van der Waals surface area contributed by atoms with E-state index in [1.807, 2.05) is 6.92 Å². The fourth-order valence-electron chi connectivity index (χ4n) is 0.857. The number of hydrogen-bond acceptors (Lipinski definition) is 3. The summed E-state index contributed by atoms with van der Waals surface area (Å²) in [5.74, 6) is 0.0813. The van der Waals surface area contributed by atoms with Gasteiger partial charge in [-0.3, -0.25) is 4.79 Å². The van der Waals surface area contributed by atoms with Crippen molar-refractivity contribution >= 4 is 5.91 Å². The highest BCUT2D eigenvalue weighted by Gasteiger charge is 2.22. The molecule has 4 heteroatoms. The van der Waals surface area contributed by atoms with Gasteiger partial charge in [-0.25, -0.2) is 0 Å². The van der Waals surface area contributed by atoms with Gasteiger partial charge >= 0.3 is 0 Å². The quantitative estimate of drug-likeness (QED) is 0.507. The van der Waals surface area contributed by atoms with Crippen LogP contribution in [0.1, 0.15) is 19.8 Å². The van der Waals surface area contributed by atoms with Gasteiger partial charge in [0.1, 0.15) is 0 Å². The molecule has 0 spiro atoms. The second-order valence-corrected chi connectivity index (χ2v) is 3.36. The van der Waals surface area contributed by atoms with Gasteiger partial charge in [0.2, 0.25) is 5.91 Å². The van der Waals surface area contributed by atoms with Gasteiger partial charge in [-0.1, -0.05) is 0 Å². The molecule has 1 saturated carbocycles. The molecule has 0 aromatic carbocycles. The van der Waals surface area contributed by atoms with Crippen LogP contribution >= 0.6 is 0 Å². The zero-order valence-electron chi connectivity index (χ0n) is 7.47. The third-order valence-corrected chi connectivity index (χ3v) is 1.91. The molecular weight excluding hydrogens is 154 g/mol. The summed E-state index contributed by atoms with van der Waals surface area (Å²) in [4.78, 5) is 11.1. The van der Waals surface area contributed by atoms with E-state index >= 15 is 0 Å². The summed E-state index contributed by atoms with van der Waals surface area (Å²) in [5, 5.41) is 5.92. The van der Waals surface area contributed by atoms with E-state index in [0.717, 1.165) is 12.8 Å². The molecule has 4 nitrogen and oxygen atoms in total. The highest BCUT2D eigenvalue weighted by molar-refractivity contribution is 5.78. The van der Waals surface area contributed by atoms with Crippen molar-refractivity contribution in [2.45, 2.75) is 31.8 Å². The maximum Gasteiger partial charge on any atom is 0.234 e. The molecule has 1 amide bonds. The topological polar surface area (TPSA) is 67.1 Å². The summed E-state index contributed by atoms with van der Waals surface area (Å²) in [6, 6.07) is 0.669. The lowest BCUT2D eigenvalue weighted by Crippen LogP contribution is -2.41. The number of carbonyl (C=O) groups is 1. The van der Waals surface area contributed by atoms with E-state index in [1.54, 1.807) is 0 Å². The highest BCUT2D eigenvalue weighted by Crippen LogP contribution is 2.18. The van der Waals surface area contributed by atoms with Crippen molar-refractivity contribution < 1.29 is 4.79 Å². The van der Waals surface area contributed by atoms with Crippen LogP contribution in [0.4, 0.5) is 0 Å². The molecule has 12 heavy (non-hydrogen) atoms. The largest absolute Gasteiger partial charge is 0.352 e. The summed E-state index contributed by atoms with van der Waals surface area (Å²) in [6.07, 6.45) is 2.27. The maximum absolute atomic E-state index is 11.1. The zero-order chi connectivity index (χ0) is 8.97. The summed E-state index contributed by atoms with van der Waals surface area (Å²) >= 11 is 0. The van der Waals surface area contributed by atoms with Gasteiger partial charge in [0, 0.05) is 18.6 Å². The molecule has 0 bridgehead atoms. The number of nitrogens with two attached hydrogens (primary N) is 1. The Morgan fingerprint density at radius 3 is 2.83 bits per heavy atom. The lowest BCUT2D eigenvalue weighted by Gasteiger charge is -2.10. The first-order chi connectivity index (χ1) is 5.72. The van der Waals surface area contributed by atoms with Crippen LogP contribution in [0.5, 0.6) is 0 Å². The number of rotatable bonds is 5. The van der Waals surface area contributed by atoms with Crippen LogP contribution in [0.2, 0.25) is 0 Å². The Bertz CT molecular complexity index is 156. The van der Waals surface area contributed by atoms with Crippen LogP contribution < -0.4 is 16.4 Å².